The molecule has 0 radical (unpaired) electrons. The zero-order chi connectivity index (χ0) is 18.8. The Hall–Kier alpha value is -3.09. The summed E-state index contributed by atoms with van der Waals surface area (Å²) < 4.78 is 10.7. The average molecular weight is 356 g/mol. The molecule has 7 heteroatoms. The Bertz CT molecular complexity index is 852. The molecule has 1 heterocycles. The largest absolute Gasteiger partial charge is 0.496 e. The molecule has 7 nitrogen and oxygen atoms in total. The van der Waals surface area contributed by atoms with Crippen molar-refractivity contribution in [3.05, 3.63) is 58.1 Å². The highest BCUT2D eigenvalue weighted by Crippen LogP contribution is 2.34. The molecule has 2 aromatic rings. The number of rotatable bonds is 5. The topological polar surface area (TPSA) is 81.9 Å². The van der Waals surface area contributed by atoms with Gasteiger partial charge in [0.05, 0.1) is 18.1 Å². The summed E-state index contributed by atoms with van der Waals surface area (Å²) in [5.41, 5.74) is 1.74. The summed E-state index contributed by atoms with van der Waals surface area (Å²) in [6.45, 7) is 3.57. The van der Waals surface area contributed by atoms with E-state index in [1.165, 1.54) is 19.2 Å². The van der Waals surface area contributed by atoms with Gasteiger partial charge in [-0.05, 0) is 44.0 Å². The number of hydrogen-bond donors (Lipinski definition) is 0. The standard InChI is InChI=1S/C19H20N2O5/c1-12-10-14-6-4-5-7-16(14)20(12)19(22)13(2)26-18-9-8-15(25-3)11-17(18)21(23)24/h4-9,11-13H,10H2,1-3H3/t12-,13-/m1/s1. The van der Waals surface area contributed by atoms with Crippen LogP contribution in [0, 0.1) is 10.1 Å². The minimum Gasteiger partial charge on any atom is -0.496 e. The van der Waals surface area contributed by atoms with E-state index in [-0.39, 0.29) is 23.4 Å². The fourth-order valence-corrected chi connectivity index (χ4v) is 3.20. The van der Waals surface area contributed by atoms with Gasteiger partial charge in [0.25, 0.3) is 5.91 Å². The van der Waals surface area contributed by atoms with Crippen molar-refractivity contribution < 1.29 is 19.2 Å². The van der Waals surface area contributed by atoms with E-state index in [1.54, 1.807) is 17.9 Å². The van der Waals surface area contributed by atoms with Gasteiger partial charge in [0.1, 0.15) is 5.75 Å². The Morgan fingerprint density at radius 1 is 1.31 bits per heavy atom. The highest BCUT2D eigenvalue weighted by Gasteiger charge is 2.34. The van der Waals surface area contributed by atoms with Crippen LogP contribution in [0.25, 0.3) is 0 Å². The zero-order valence-electron chi connectivity index (χ0n) is 14.8. The number of nitro benzene ring substituents is 1. The molecule has 0 saturated heterocycles. The number of para-hydroxylation sites is 1. The second-order valence-electron chi connectivity index (χ2n) is 6.24. The van der Waals surface area contributed by atoms with Crippen molar-refractivity contribution >= 4 is 17.3 Å². The summed E-state index contributed by atoms with van der Waals surface area (Å²) in [6, 6.07) is 12.0. The maximum absolute atomic E-state index is 12.9. The van der Waals surface area contributed by atoms with Crippen LogP contribution in [0.3, 0.4) is 0 Å². The second kappa shape index (κ2) is 7.03. The molecule has 136 valence electrons. The molecule has 0 spiro atoms. The van der Waals surface area contributed by atoms with Crippen molar-refractivity contribution in [3.63, 3.8) is 0 Å². The zero-order valence-corrected chi connectivity index (χ0v) is 14.8. The number of ether oxygens (including phenoxy) is 2. The lowest BCUT2D eigenvalue weighted by atomic mass is 10.1. The van der Waals surface area contributed by atoms with Crippen LogP contribution in [-0.2, 0) is 11.2 Å². The number of nitro groups is 1. The molecule has 26 heavy (non-hydrogen) atoms. The molecule has 0 fully saturated rings. The van der Waals surface area contributed by atoms with Gasteiger partial charge in [-0.3, -0.25) is 14.9 Å². The quantitative estimate of drug-likeness (QED) is 0.606. The van der Waals surface area contributed by atoms with Crippen LogP contribution >= 0.6 is 0 Å². The molecule has 2 aromatic carbocycles. The maximum Gasteiger partial charge on any atom is 0.314 e. The summed E-state index contributed by atoms with van der Waals surface area (Å²) in [6.07, 6.45) is -0.0900. The summed E-state index contributed by atoms with van der Waals surface area (Å²) >= 11 is 0. The fraction of sp³-hybridized carbons (Fsp3) is 0.316. The molecule has 2 atom stereocenters. The minimum atomic E-state index is -0.865. The van der Waals surface area contributed by atoms with E-state index in [4.69, 9.17) is 9.47 Å². The molecule has 0 aliphatic carbocycles. The van der Waals surface area contributed by atoms with Crippen LogP contribution < -0.4 is 14.4 Å². The Labute approximate surface area is 151 Å². The van der Waals surface area contributed by atoms with Crippen LogP contribution in [0.5, 0.6) is 11.5 Å². The van der Waals surface area contributed by atoms with Gasteiger partial charge in [0.15, 0.2) is 11.9 Å². The Morgan fingerprint density at radius 2 is 2.04 bits per heavy atom. The first-order valence-electron chi connectivity index (χ1n) is 8.32. The highest BCUT2D eigenvalue weighted by atomic mass is 16.6. The van der Waals surface area contributed by atoms with Crippen LogP contribution in [0.2, 0.25) is 0 Å². The summed E-state index contributed by atoms with van der Waals surface area (Å²) in [5.74, 6) is 0.162. The van der Waals surface area contributed by atoms with Crippen LogP contribution in [0.4, 0.5) is 11.4 Å². The first-order valence-corrected chi connectivity index (χ1v) is 8.32. The van der Waals surface area contributed by atoms with Gasteiger partial charge in [0.2, 0.25) is 0 Å². The van der Waals surface area contributed by atoms with Gasteiger partial charge in [-0.25, -0.2) is 0 Å². The number of nitrogens with zero attached hydrogens (tertiary/aromatic N) is 2. The third-order valence-corrected chi connectivity index (χ3v) is 4.46. The molecule has 3 rings (SSSR count). The lowest BCUT2D eigenvalue weighted by molar-refractivity contribution is -0.386. The average Bonchev–Trinajstić information content (AvgIpc) is 2.96. The van der Waals surface area contributed by atoms with E-state index in [0.29, 0.717) is 5.75 Å². The number of amides is 1. The predicted octanol–water partition coefficient (Wildman–Crippen LogP) is 3.35. The number of benzene rings is 2. The number of carbonyl (C=O) groups excluding carboxylic acids is 1. The summed E-state index contributed by atoms with van der Waals surface area (Å²) in [5, 5.41) is 11.3. The Kier molecular flexibility index (Phi) is 4.79. The molecule has 1 aliphatic heterocycles. The van der Waals surface area contributed by atoms with Crippen molar-refractivity contribution in [1.29, 1.82) is 0 Å². The minimum absolute atomic E-state index is 0.0109. The smallest absolute Gasteiger partial charge is 0.314 e. The summed E-state index contributed by atoms with van der Waals surface area (Å²) in [4.78, 5) is 25.4. The molecule has 1 amide bonds. The third kappa shape index (κ3) is 3.20. The van der Waals surface area contributed by atoms with Crippen molar-refractivity contribution in [2.45, 2.75) is 32.4 Å². The Morgan fingerprint density at radius 3 is 2.73 bits per heavy atom. The van der Waals surface area contributed by atoms with E-state index < -0.39 is 11.0 Å². The molecular weight excluding hydrogens is 336 g/mol. The van der Waals surface area contributed by atoms with Crippen LogP contribution in [0.1, 0.15) is 19.4 Å². The summed E-state index contributed by atoms with van der Waals surface area (Å²) in [7, 11) is 1.43. The van der Waals surface area contributed by atoms with Crippen LogP contribution in [-0.4, -0.2) is 30.1 Å². The van der Waals surface area contributed by atoms with Gasteiger partial charge in [-0.1, -0.05) is 18.2 Å². The van der Waals surface area contributed by atoms with E-state index in [9.17, 15) is 14.9 Å². The molecule has 0 saturated carbocycles. The first-order chi connectivity index (χ1) is 12.4. The van der Waals surface area contributed by atoms with Gasteiger partial charge in [0, 0.05) is 11.7 Å². The number of hydrogen-bond acceptors (Lipinski definition) is 5. The molecular formula is C19H20N2O5. The maximum atomic E-state index is 12.9. The molecule has 0 N–H and O–H groups in total. The number of anilines is 1. The fourth-order valence-electron chi connectivity index (χ4n) is 3.20. The predicted molar refractivity (Wildman–Crippen MR) is 96.8 cm³/mol. The SMILES string of the molecule is COc1ccc(O[C@H](C)C(=O)N2c3ccccc3C[C@H]2C)c([N+](=O)[O-])c1. The van der Waals surface area contributed by atoms with Gasteiger partial charge >= 0.3 is 5.69 Å². The van der Waals surface area contributed by atoms with Crippen molar-refractivity contribution in [2.75, 3.05) is 12.0 Å². The monoisotopic (exact) mass is 356 g/mol. The lowest BCUT2D eigenvalue weighted by Crippen LogP contribution is -2.43. The van der Waals surface area contributed by atoms with Gasteiger partial charge < -0.3 is 14.4 Å². The van der Waals surface area contributed by atoms with Gasteiger partial charge in [-0.15, -0.1) is 0 Å². The normalized spacial score (nSPS) is 16.7. The number of carbonyl (C=O) groups is 1. The number of methoxy groups -OCH3 is 1. The van der Waals surface area contributed by atoms with Crippen molar-refractivity contribution in [3.8, 4) is 11.5 Å². The number of fused-ring (bicyclic) bond motifs is 1. The first kappa shape index (κ1) is 17.7. The van der Waals surface area contributed by atoms with Crippen molar-refractivity contribution in [1.82, 2.24) is 0 Å². The molecule has 1 aliphatic rings. The third-order valence-electron chi connectivity index (χ3n) is 4.46. The van der Waals surface area contributed by atoms with E-state index >= 15 is 0 Å². The van der Waals surface area contributed by atoms with E-state index in [1.807, 2.05) is 31.2 Å². The molecule has 0 unspecified atom stereocenters. The highest BCUT2D eigenvalue weighted by molar-refractivity contribution is 5.99. The van der Waals surface area contributed by atoms with E-state index in [0.717, 1.165) is 17.7 Å². The van der Waals surface area contributed by atoms with Crippen LogP contribution in [0.15, 0.2) is 42.5 Å². The van der Waals surface area contributed by atoms with E-state index in [2.05, 4.69) is 0 Å². The lowest BCUT2D eigenvalue weighted by Gasteiger charge is -2.26. The molecule has 0 bridgehead atoms. The molecule has 0 aromatic heterocycles. The Balaban J connectivity index is 1.84. The van der Waals surface area contributed by atoms with Crippen molar-refractivity contribution in [2.24, 2.45) is 0 Å². The second-order valence-corrected chi connectivity index (χ2v) is 6.24. The van der Waals surface area contributed by atoms with Gasteiger partial charge in [-0.2, -0.15) is 0 Å².